The van der Waals surface area contributed by atoms with Gasteiger partial charge in [-0.1, -0.05) is 12.1 Å². The Morgan fingerprint density at radius 1 is 1.09 bits per heavy atom. The Morgan fingerprint density at radius 3 is 2.82 bits per heavy atom. The Morgan fingerprint density at radius 2 is 1.97 bits per heavy atom. The van der Waals surface area contributed by atoms with Crippen LogP contribution in [0.4, 0.5) is 5.82 Å². The molecule has 33 heavy (non-hydrogen) atoms. The van der Waals surface area contributed by atoms with Crippen LogP contribution in [0.3, 0.4) is 0 Å². The summed E-state index contributed by atoms with van der Waals surface area (Å²) in [5.74, 6) is 0.824. The summed E-state index contributed by atoms with van der Waals surface area (Å²) < 4.78 is 0. The highest BCUT2D eigenvalue weighted by molar-refractivity contribution is 6.00. The van der Waals surface area contributed by atoms with E-state index < -0.39 is 0 Å². The minimum Gasteiger partial charge on any atom is -0.377 e. The van der Waals surface area contributed by atoms with Crippen LogP contribution < -0.4 is 10.6 Å². The number of aromatic amines is 1. The van der Waals surface area contributed by atoms with Crippen molar-refractivity contribution >= 4 is 22.8 Å². The Balaban J connectivity index is 1.34. The molecule has 5 rings (SSSR count). The third kappa shape index (κ3) is 4.36. The monoisotopic (exact) mass is 442 g/mol. The number of amides is 1. The molecule has 0 saturated carbocycles. The van der Waals surface area contributed by atoms with Crippen molar-refractivity contribution in [3.05, 3.63) is 71.2 Å². The molecule has 0 radical (unpaired) electrons. The highest BCUT2D eigenvalue weighted by Crippen LogP contribution is 2.31. The van der Waals surface area contributed by atoms with Gasteiger partial charge in [-0.15, -0.1) is 0 Å². The second kappa shape index (κ2) is 8.75. The number of hydrogen-bond acceptors (Lipinski definition) is 5. The number of H-pyrrole nitrogens is 1. The number of allylic oxidation sites excluding steroid dienone is 3. The highest BCUT2D eigenvalue weighted by Gasteiger charge is 2.19. The molecule has 170 valence electrons. The second-order valence-corrected chi connectivity index (χ2v) is 9.03. The number of anilines is 1. The summed E-state index contributed by atoms with van der Waals surface area (Å²) in [6.45, 7) is 2.63. The van der Waals surface area contributed by atoms with Crippen molar-refractivity contribution in [2.45, 2.75) is 19.4 Å². The Bertz CT molecular complexity index is 1270. The van der Waals surface area contributed by atoms with E-state index in [0.29, 0.717) is 6.54 Å². The molecule has 7 nitrogen and oxygen atoms in total. The third-order valence-corrected chi connectivity index (χ3v) is 6.37. The average molecular weight is 443 g/mol. The molecule has 1 aliphatic heterocycles. The molecule has 7 heteroatoms. The highest BCUT2D eigenvalue weighted by atomic mass is 16.1. The molecule has 3 heterocycles. The van der Waals surface area contributed by atoms with Crippen LogP contribution in [0.15, 0.2) is 60.1 Å². The van der Waals surface area contributed by atoms with Crippen molar-refractivity contribution < 1.29 is 4.79 Å². The second-order valence-electron chi connectivity index (χ2n) is 9.03. The first-order valence-corrected chi connectivity index (χ1v) is 11.4. The minimum atomic E-state index is 0.00553. The molecule has 2 aromatic heterocycles. The fraction of sp³-hybridized carbons (Fsp3) is 0.308. The SMILES string of the molecule is CN(C)CCN(C)C1=CC(Nc2ccc3c(-c4ccc5c(c4)CNC5=O)c[nH]c3n2)=CCC1. The van der Waals surface area contributed by atoms with Crippen molar-refractivity contribution in [2.75, 3.05) is 39.5 Å². The molecule has 0 atom stereocenters. The lowest BCUT2D eigenvalue weighted by Gasteiger charge is -2.26. The normalized spacial score (nSPS) is 15.3. The number of aromatic nitrogens is 2. The number of fused-ring (bicyclic) bond motifs is 2. The first kappa shape index (κ1) is 21.3. The molecule has 1 aromatic carbocycles. The molecule has 0 unspecified atom stereocenters. The van der Waals surface area contributed by atoms with Crippen molar-refractivity contribution in [1.82, 2.24) is 25.1 Å². The lowest BCUT2D eigenvalue weighted by Crippen LogP contribution is -2.29. The maximum Gasteiger partial charge on any atom is 0.251 e. The van der Waals surface area contributed by atoms with Crippen LogP contribution in [0, 0.1) is 0 Å². The Kier molecular flexibility index (Phi) is 5.64. The van der Waals surface area contributed by atoms with Gasteiger partial charge in [0.05, 0.1) is 0 Å². The summed E-state index contributed by atoms with van der Waals surface area (Å²) in [4.78, 5) is 24.5. The van der Waals surface area contributed by atoms with E-state index in [1.165, 1.54) is 5.70 Å². The summed E-state index contributed by atoms with van der Waals surface area (Å²) in [7, 11) is 6.37. The molecule has 3 aromatic rings. The lowest BCUT2D eigenvalue weighted by atomic mass is 10.0. The van der Waals surface area contributed by atoms with E-state index in [4.69, 9.17) is 4.98 Å². The molecule has 2 aliphatic rings. The predicted octanol–water partition coefficient (Wildman–Crippen LogP) is 3.94. The van der Waals surface area contributed by atoms with Crippen molar-refractivity contribution in [2.24, 2.45) is 0 Å². The van der Waals surface area contributed by atoms with Gasteiger partial charge in [-0.2, -0.15) is 0 Å². The van der Waals surface area contributed by atoms with Gasteiger partial charge in [0.15, 0.2) is 0 Å². The average Bonchev–Trinajstić information content (AvgIpc) is 3.40. The molecule has 0 saturated heterocycles. The van der Waals surface area contributed by atoms with Gasteiger partial charge < -0.3 is 25.4 Å². The number of nitrogens with one attached hydrogen (secondary N) is 3. The van der Waals surface area contributed by atoms with Gasteiger partial charge in [-0.25, -0.2) is 4.98 Å². The standard InChI is InChI=1S/C26H30N6O/c1-31(2)11-12-32(3)20-6-4-5-19(14-20)29-24-10-9-22-23(16-27-25(22)30-24)17-7-8-21-18(13-17)15-28-26(21)33/h5,7-10,13-14,16H,4,6,11-12,15H2,1-3H3,(H,28,33)(H2,27,29,30). The van der Waals surface area contributed by atoms with Gasteiger partial charge in [0.25, 0.3) is 5.91 Å². The van der Waals surface area contributed by atoms with E-state index in [1.807, 2.05) is 24.4 Å². The number of rotatable bonds is 7. The first-order chi connectivity index (χ1) is 16.0. The van der Waals surface area contributed by atoms with Crippen LogP contribution in [0.2, 0.25) is 0 Å². The van der Waals surface area contributed by atoms with Crippen molar-refractivity contribution in [3.63, 3.8) is 0 Å². The van der Waals surface area contributed by atoms with Gasteiger partial charge in [0.2, 0.25) is 0 Å². The largest absolute Gasteiger partial charge is 0.377 e. The van der Waals surface area contributed by atoms with Crippen LogP contribution in [-0.2, 0) is 6.54 Å². The quantitative estimate of drug-likeness (QED) is 0.517. The summed E-state index contributed by atoms with van der Waals surface area (Å²) >= 11 is 0. The van der Waals surface area contributed by atoms with E-state index in [1.54, 1.807) is 0 Å². The van der Waals surface area contributed by atoms with Crippen molar-refractivity contribution in [1.29, 1.82) is 0 Å². The smallest absolute Gasteiger partial charge is 0.251 e. The number of benzene rings is 1. The fourth-order valence-corrected chi connectivity index (χ4v) is 4.43. The number of likely N-dealkylation sites (N-methyl/N-ethyl adjacent to an activating group) is 2. The van der Waals surface area contributed by atoms with Gasteiger partial charge >= 0.3 is 0 Å². The van der Waals surface area contributed by atoms with Crippen molar-refractivity contribution in [3.8, 4) is 11.1 Å². The third-order valence-electron chi connectivity index (χ3n) is 6.37. The van der Waals surface area contributed by atoms with Crippen LogP contribution in [-0.4, -0.2) is 59.9 Å². The maximum atomic E-state index is 11.8. The van der Waals surface area contributed by atoms with Gasteiger partial charge in [-0.3, -0.25) is 4.79 Å². The topological polar surface area (TPSA) is 76.3 Å². The lowest BCUT2D eigenvalue weighted by molar-refractivity contribution is 0.0966. The zero-order chi connectivity index (χ0) is 22.9. The molecule has 0 spiro atoms. The first-order valence-electron chi connectivity index (χ1n) is 11.4. The van der Waals surface area contributed by atoms with Gasteiger partial charge in [-0.05, 0) is 68.4 Å². The van der Waals surface area contributed by atoms with E-state index in [0.717, 1.165) is 70.7 Å². The molecule has 0 bridgehead atoms. The maximum absolute atomic E-state index is 11.8. The van der Waals surface area contributed by atoms with Crippen LogP contribution >= 0.6 is 0 Å². The number of carbonyl (C=O) groups excluding carboxylic acids is 1. The van der Waals surface area contributed by atoms with Crippen LogP contribution in [0.5, 0.6) is 0 Å². The molecular formula is C26H30N6O. The van der Waals surface area contributed by atoms with E-state index >= 15 is 0 Å². The number of carbonyl (C=O) groups is 1. The van der Waals surface area contributed by atoms with E-state index in [9.17, 15) is 4.79 Å². The van der Waals surface area contributed by atoms with Gasteiger partial charge in [0.1, 0.15) is 11.5 Å². The molecule has 1 amide bonds. The molecule has 0 fully saturated rings. The number of nitrogens with zero attached hydrogens (tertiary/aromatic N) is 3. The summed E-state index contributed by atoms with van der Waals surface area (Å²) in [6, 6.07) is 10.1. The Hall–Kier alpha value is -3.58. The minimum absolute atomic E-state index is 0.00553. The fourth-order valence-electron chi connectivity index (χ4n) is 4.43. The molecule has 1 aliphatic carbocycles. The summed E-state index contributed by atoms with van der Waals surface area (Å²) in [6.07, 6.45) is 8.53. The molecular weight excluding hydrogens is 412 g/mol. The van der Waals surface area contributed by atoms with Gasteiger partial charge in [0, 0.05) is 60.8 Å². The van der Waals surface area contributed by atoms with E-state index in [2.05, 4.69) is 70.8 Å². The van der Waals surface area contributed by atoms with E-state index in [-0.39, 0.29) is 5.91 Å². The van der Waals surface area contributed by atoms with Crippen LogP contribution in [0.25, 0.3) is 22.2 Å². The van der Waals surface area contributed by atoms with Crippen LogP contribution in [0.1, 0.15) is 28.8 Å². The summed E-state index contributed by atoms with van der Waals surface area (Å²) in [5.41, 5.74) is 7.25. The number of pyridine rings is 1. The zero-order valence-electron chi connectivity index (χ0n) is 19.4. The zero-order valence-corrected chi connectivity index (χ0v) is 19.4. The number of hydrogen-bond donors (Lipinski definition) is 3. The Labute approximate surface area is 194 Å². The molecule has 3 N–H and O–H groups in total. The summed E-state index contributed by atoms with van der Waals surface area (Å²) in [5, 5.41) is 7.43. The predicted molar refractivity (Wildman–Crippen MR) is 133 cm³/mol.